The maximum absolute atomic E-state index is 11.9. The minimum atomic E-state index is -0.461. The summed E-state index contributed by atoms with van der Waals surface area (Å²) in [5.74, 6) is -0.311. The van der Waals surface area contributed by atoms with E-state index in [-0.39, 0.29) is 18.0 Å². The standard InChI is InChI=1S/C17H27N3O2/c1-12-7-8-14(13(2)9-12)10-20(6)11-15(21)18-16(22)19-17(3,4)5/h7-9H,10-11H2,1-6H3,(H2,18,19,21,22). The van der Waals surface area contributed by atoms with Gasteiger partial charge in [0.05, 0.1) is 6.54 Å². The molecule has 2 N–H and O–H groups in total. The molecule has 22 heavy (non-hydrogen) atoms. The summed E-state index contributed by atoms with van der Waals surface area (Å²) in [5.41, 5.74) is 3.24. The zero-order valence-electron chi connectivity index (χ0n) is 14.4. The number of imide groups is 1. The fourth-order valence-electron chi connectivity index (χ4n) is 2.15. The molecule has 5 nitrogen and oxygen atoms in total. The normalized spacial score (nSPS) is 11.4. The zero-order chi connectivity index (χ0) is 16.9. The molecule has 0 heterocycles. The van der Waals surface area contributed by atoms with Crippen LogP contribution in [0, 0.1) is 13.8 Å². The second kappa shape index (κ2) is 7.40. The molecule has 0 aliphatic rings. The van der Waals surface area contributed by atoms with E-state index in [0.717, 1.165) is 0 Å². The molecule has 0 fully saturated rings. The maximum atomic E-state index is 11.9. The first kappa shape index (κ1) is 18.2. The molecule has 122 valence electrons. The molecule has 0 saturated carbocycles. The molecule has 0 atom stereocenters. The summed E-state index contributed by atoms with van der Waals surface area (Å²) in [6, 6.07) is 5.80. The molecule has 0 aliphatic carbocycles. The van der Waals surface area contributed by atoms with Crippen molar-refractivity contribution in [2.24, 2.45) is 0 Å². The van der Waals surface area contributed by atoms with Gasteiger partial charge >= 0.3 is 6.03 Å². The van der Waals surface area contributed by atoms with Crippen LogP contribution >= 0.6 is 0 Å². The Labute approximate surface area is 133 Å². The number of amides is 3. The minimum Gasteiger partial charge on any atom is -0.333 e. The number of hydrogen-bond donors (Lipinski definition) is 2. The van der Waals surface area contributed by atoms with E-state index in [0.29, 0.717) is 6.54 Å². The third-order valence-corrected chi connectivity index (χ3v) is 3.09. The third kappa shape index (κ3) is 6.72. The summed E-state index contributed by atoms with van der Waals surface area (Å²) in [5, 5.41) is 5.05. The van der Waals surface area contributed by atoms with Crippen LogP contribution in [0.1, 0.15) is 37.5 Å². The highest BCUT2D eigenvalue weighted by molar-refractivity contribution is 5.95. The number of urea groups is 1. The first-order valence-corrected chi connectivity index (χ1v) is 7.43. The van der Waals surface area contributed by atoms with E-state index in [4.69, 9.17) is 0 Å². The maximum Gasteiger partial charge on any atom is 0.321 e. The topological polar surface area (TPSA) is 61.4 Å². The van der Waals surface area contributed by atoms with Crippen LogP contribution in [0.15, 0.2) is 18.2 Å². The van der Waals surface area contributed by atoms with Crippen molar-refractivity contribution in [1.82, 2.24) is 15.5 Å². The smallest absolute Gasteiger partial charge is 0.321 e. The Morgan fingerprint density at radius 3 is 2.36 bits per heavy atom. The van der Waals surface area contributed by atoms with Crippen LogP contribution < -0.4 is 10.6 Å². The molecule has 5 heteroatoms. The number of nitrogens with zero attached hydrogens (tertiary/aromatic N) is 1. The third-order valence-electron chi connectivity index (χ3n) is 3.09. The van der Waals surface area contributed by atoms with Gasteiger partial charge in [0.25, 0.3) is 0 Å². The second-order valence-electron chi connectivity index (χ2n) is 6.85. The Morgan fingerprint density at radius 1 is 1.18 bits per heavy atom. The molecule has 1 aromatic carbocycles. The number of likely N-dealkylation sites (N-methyl/N-ethyl adjacent to an activating group) is 1. The molecular formula is C17H27N3O2. The lowest BCUT2D eigenvalue weighted by Gasteiger charge is -2.21. The van der Waals surface area contributed by atoms with Gasteiger partial charge in [0.15, 0.2) is 0 Å². The van der Waals surface area contributed by atoms with Crippen molar-refractivity contribution in [3.8, 4) is 0 Å². The van der Waals surface area contributed by atoms with Crippen LogP contribution in [-0.2, 0) is 11.3 Å². The van der Waals surface area contributed by atoms with Crippen LogP contribution in [0.25, 0.3) is 0 Å². The number of rotatable bonds is 4. The number of carbonyl (C=O) groups is 2. The summed E-state index contributed by atoms with van der Waals surface area (Å²) in [7, 11) is 1.86. The summed E-state index contributed by atoms with van der Waals surface area (Å²) in [6.45, 7) is 10.6. The number of carbonyl (C=O) groups excluding carboxylic acids is 2. The molecule has 0 aromatic heterocycles. The highest BCUT2D eigenvalue weighted by Gasteiger charge is 2.16. The number of benzene rings is 1. The largest absolute Gasteiger partial charge is 0.333 e. The lowest BCUT2D eigenvalue weighted by atomic mass is 10.1. The molecule has 0 saturated heterocycles. The lowest BCUT2D eigenvalue weighted by Crippen LogP contribution is -2.50. The van der Waals surface area contributed by atoms with Crippen LogP contribution in [0.2, 0.25) is 0 Å². The van der Waals surface area contributed by atoms with Gasteiger partial charge < -0.3 is 5.32 Å². The Bertz CT molecular complexity index is 547. The van der Waals surface area contributed by atoms with Gasteiger partial charge in [0.1, 0.15) is 0 Å². The van der Waals surface area contributed by atoms with Crippen LogP contribution in [0.5, 0.6) is 0 Å². The predicted molar refractivity (Wildman–Crippen MR) is 88.7 cm³/mol. The van der Waals surface area contributed by atoms with E-state index in [2.05, 4.69) is 42.7 Å². The van der Waals surface area contributed by atoms with Gasteiger partial charge in [0.2, 0.25) is 5.91 Å². The molecule has 0 radical (unpaired) electrons. The predicted octanol–water partition coefficient (Wildman–Crippen LogP) is 2.36. The fourth-order valence-corrected chi connectivity index (χ4v) is 2.15. The monoisotopic (exact) mass is 305 g/mol. The van der Waals surface area contributed by atoms with Gasteiger partial charge in [-0.3, -0.25) is 15.0 Å². The van der Waals surface area contributed by atoms with Crippen molar-refractivity contribution in [2.45, 2.75) is 46.7 Å². The van der Waals surface area contributed by atoms with Crippen molar-refractivity contribution in [2.75, 3.05) is 13.6 Å². The summed E-state index contributed by atoms with van der Waals surface area (Å²) < 4.78 is 0. The molecule has 0 unspecified atom stereocenters. The van der Waals surface area contributed by atoms with E-state index in [9.17, 15) is 9.59 Å². The highest BCUT2D eigenvalue weighted by atomic mass is 16.2. The van der Waals surface area contributed by atoms with E-state index in [1.807, 2.05) is 32.7 Å². The van der Waals surface area contributed by atoms with E-state index < -0.39 is 6.03 Å². The fraction of sp³-hybridized carbons (Fsp3) is 0.529. The van der Waals surface area contributed by atoms with Gasteiger partial charge in [-0.05, 0) is 52.8 Å². The number of hydrogen-bond acceptors (Lipinski definition) is 3. The first-order valence-electron chi connectivity index (χ1n) is 7.43. The number of nitrogens with one attached hydrogen (secondary N) is 2. The molecule has 0 aliphatic heterocycles. The van der Waals surface area contributed by atoms with Crippen LogP contribution in [0.3, 0.4) is 0 Å². The average Bonchev–Trinajstić information content (AvgIpc) is 2.29. The van der Waals surface area contributed by atoms with Gasteiger partial charge in [-0.15, -0.1) is 0 Å². The van der Waals surface area contributed by atoms with Gasteiger partial charge in [-0.2, -0.15) is 0 Å². The summed E-state index contributed by atoms with van der Waals surface area (Å²) >= 11 is 0. The van der Waals surface area contributed by atoms with Gasteiger partial charge in [-0.25, -0.2) is 4.79 Å². The van der Waals surface area contributed by atoms with E-state index in [1.54, 1.807) is 0 Å². The van der Waals surface area contributed by atoms with Crippen molar-refractivity contribution < 1.29 is 9.59 Å². The molecule has 3 amide bonds. The Kier molecular flexibility index (Phi) is 6.11. The van der Waals surface area contributed by atoms with Crippen LogP contribution in [0.4, 0.5) is 4.79 Å². The molecule has 0 bridgehead atoms. The average molecular weight is 305 g/mol. The Hall–Kier alpha value is -1.88. The van der Waals surface area contributed by atoms with Crippen molar-refractivity contribution >= 4 is 11.9 Å². The van der Waals surface area contributed by atoms with Crippen molar-refractivity contribution in [1.29, 1.82) is 0 Å². The van der Waals surface area contributed by atoms with Gasteiger partial charge in [0, 0.05) is 12.1 Å². The highest BCUT2D eigenvalue weighted by Crippen LogP contribution is 2.12. The van der Waals surface area contributed by atoms with E-state index >= 15 is 0 Å². The quantitative estimate of drug-likeness (QED) is 0.897. The minimum absolute atomic E-state index is 0.172. The van der Waals surface area contributed by atoms with Crippen molar-refractivity contribution in [3.63, 3.8) is 0 Å². The molecule has 1 rings (SSSR count). The summed E-state index contributed by atoms with van der Waals surface area (Å²) in [6.07, 6.45) is 0. The van der Waals surface area contributed by atoms with Gasteiger partial charge in [-0.1, -0.05) is 23.8 Å². The molecule has 0 spiro atoms. The lowest BCUT2D eigenvalue weighted by molar-refractivity contribution is -0.121. The zero-order valence-corrected chi connectivity index (χ0v) is 14.4. The second-order valence-corrected chi connectivity index (χ2v) is 6.85. The molecule has 1 aromatic rings. The first-order chi connectivity index (χ1) is 10.1. The number of aryl methyl sites for hydroxylation is 2. The SMILES string of the molecule is Cc1ccc(CN(C)CC(=O)NC(=O)NC(C)(C)C)c(C)c1. The Balaban J connectivity index is 2.49. The summed E-state index contributed by atoms with van der Waals surface area (Å²) in [4.78, 5) is 25.4. The Morgan fingerprint density at radius 2 is 1.82 bits per heavy atom. The van der Waals surface area contributed by atoms with E-state index in [1.165, 1.54) is 16.7 Å². The van der Waals surface area contributed by atoms with Crippen LogP contribution in [-0.4, -0.2) is 36.0 Å². The van der Waals surface area contributed by atoms with Crippen molar-refractivity contribution in [3.05, 3.63) is 34.9 Å². The molecular weight excluding hydrogens is 278 g/mol.